The predicted molar refractivity (Wildman–Crippen MR) is 77.7 cm³/mol. The van der Waals surface area contributed by atoms with Crippen LogP contribution in [0.2, 0.25) is 0 Å². The van der Waals surface area contributed by atoms with Crippen LogP contribution in [0.15, 0.2) is 64.3 Å². The number of nitrogens with zero attached hydrogens (tertiary/aromatic N) is 1. The first-order chi connectivity index (χ1) is 8.86. The molecule has 1 aromatic rings. The second-order valence-electron chi connectivity index (χ2n) is 4.18. The van der Waals surface area contributed by atoms with Gasteiger partial charge in [0.1, 0.15) is 0 Å². The minimum absolute atomic E-state index is 0.949. The molecule has 1 heterocycles. The van der Waals surface area contributed by atoms with Gasteiger partial charge in [-0.25, -0.2) is 0 Å². The molecule has 3 rings (SSSR count). The van der Waals surface area contributed by atoms with E-state index >= 15 is 0 Å². The Morgan fingerprint density at radius 1 is 0.889 bits per heavy atom. The maximum Gasteiger partial charge on any atom is 0.0653 e. The Morgan fingerprint density at radius 3 is 2.00 bits per heavy atom. The lowest BCUT2D eigenvalue weighted by Crippen LogP contribution is -2.02. The summed E-state index contributed by atoms with van der Waals surface area (Å²) < 4.78 is 0. The normalized spacial score (nSPS) is 17.7. The molecule has 0 saturated carbocycles. The van der Waals surface area contributed by atoms with Gasteiger partial charge in [0.15, 0.2) is 0 Å². The molecule has 2 nitrogen and oxygen atoms in total. The summed E-state index contributed by atoms with van der Waals surface area (Å²) in [7, 11) is 0. The molecule has 3 heteroatoms. The van der Waals surface area contributed by atoms with Crippen LogP contribution in [-0.4, -0.2) is 12.3 Å². The molecule has 1 aliphatic heterocycles. The SMILES string of the molecule is ClC1=CC=C(C2=NNCC2)CC1.c1ccccc1. The van der Waals surface area contributed by atoms with Crippen LogP contribution in [-0.2, 0) is 0 Å². The van der Waals surface area contributed by atoms with Gasteiger partial charge in [0.05, 0.1) is 5.71 Å². The molecule has 0 fully saturated rings. The fourth-order valence-corrected chi connectivity index (χ4v) is 2.01. The first-order valence-corrected chi connectivity index (χ1v) is 6.59. The maximum atomic E-state index is 5.85. The van der Waals surface area contributed by atoms with E-state index in [1.165, 1.54) is 11.3 Å². The highest BCUT2D eigenvalue weighted by molar-refractivity contribution is 6.29. The standard InChI is InChI=1S/C9H11ClN2.C6H6/c10-8-3-1-7(2-4-8)9-5-6-11-12-9;1-2-4-6-5-3-1/h1,3,11H,2,4-6H2;1-6H. The molecule has 1 aromatic carbocycles. The Balaban J connectivity index is 0.000000169. The van der Waals surface area contributed by atoms with Gasteiger partial charge in [-0.05, 0) is 24.5 Å². The van der Waals surface area contributed by atoms with E-state index in [-0.39, 0.29) is 0 Å². The molecule has 0 spiro atoms. The van der Waals surface area contributed by atoms with Crippen molar-refractivity contribution in [1.29, 1.82) is 0 Å². The van der Waals surface area contributed by atoms with Crippen LogP contribution < -0.4 is 5.43 Å². The summed E-state index contributed by atoms with van der Waals surface area (Å²) in [5, 5.41) is 5.16. The quantitative estimate of drug-likeness (QED) is 0.815. The number of rotatable bonds is 1. The average molecular weight is 261 g/mol. The van der Waals surface area contributed by atoms with E-state index in [2.05, 4.69) is 16.6 Å². The van der Waals surface area contributed by atoms with Gasteiger partial charge in [-0.15, -0.1) is 0 Å². The number of nitrogens with one attached hydrogen (secondary N) is 1. The van der Waals surface area contributed by atoms with Crippen molar-refractivity contribution < 1.29 is 0 Å². The molecule has 0 bridgehead atoms. The monoisotopic (exact) mass is 260 g/mol. The highest BCUT2D eigenvalue weighted by Gasteiger charge is 2.13. The number of benzene rings is 1. The highest BCUT2D eigenvalue weighted by Crippen LogP contribution is 2.23. The Morgan fingerprint density at radius 2 is 1.56 bits per heavy atom. The molecule has 18 heavy (non-hydrogen) atoms. The molecule has 0 amide bonds. The molecule has 0 unspecified atom stereocenters. The maximum absolute atomic E-state index is 5.85. The third-order valence-corrected chi connectivity index (χ3v) is 3.14. The van der Waals surface area contributed by atoms with Crippen molar-refractivity contribution in [3.63, 3.8) is 0 Å². The molecular formula is C15H17ClN2. The number of halogens is 1. The molecule has 0 radical (unpaired) electrons. The topological polar surface area (TPSA) is 24.4 Å². The molecule has 0 atom stereocenters. The zero-order valence-corrected chi connectivity index (χ0v) is 11.0. The Labute approximate surface area is 113 Å². The molecule has 94 valence electrons. The Hall–Kier alpha value is -1.54. The van der Waals surface area contributed by atoms with E-state index < -0.39 is 0 Å². The van der Waals surface area contributed by atoms with Crippen molar-refractivity contribution in [3.8, 4) is 0 Å². The van der Waals surface area contributed by atoms with Gasteiger partial charge in [-0.1, -0.05) is 54.1 Å². The smallest absolute Gasteiger partial charge is 0.0653 e. The average Bonchev–Trinajstić information content (AvgIpc) is 2.96. The second kappa shape index (κ2) is 7.02. The minimum Gasteiger partial charge on any atom is -0.309 e. The van der Waals surface area contributed by atoms with E-state index in [0.717, 1.165) is 30.8 Å². The van der Waals surface area contributed by atoms with Gasteiger partial charge >= 0.3 is 0 Å². The first kappa shape index (κ1) is 12.9. The van der Waals surface area contributed by atoms with E-state index in [4.69, 9.17) is 11.6 Å². The van der Waals surface area contributed by atoms with Crippen molar-refractivity contribution in [2.24, 2.45) is 5.10 Å². The van der Waals surface area contributed by atoms with Crippen molar-refractivity contribution in [2.45, 2.75) is 19.3 Å². The lowest BCUT2D eigenvalue weighted by Gasteiger charge is -2.09. The van der Waals surface area contributed by atoms with Crippen molar-refractivity contribution in [3.05, 3.63) is 59.2 Å². The number of hydrogen-bond donors (Lipinski definition) is 1. The molecule has 2 aliphatic rings. The third-order valence-electron chi connectivity index (χ3n) is 2.82. The summed E-state index contributed by atoms with van der Waals surface area (Å²) in [6, 6.07) is 12.0. The van der Waals surface area contributed by atoms with E-state index in [1.807, 2.05) is 42.5 Å². The number of allylic oxidation sites excluding steroid dienone is 4. The third kappa shape index (κ3) is 4.04. The summed E-state index contributed by atoms with van der Waals surface area (Å²) in [4.78, 5) is 0. The largest absolute Gasteiger partial charge is 0.309 e. The summed E-state index contributed by atoms with van der Waals surface area (Å²) >= 11 is 5.85. The van der Waals surface area contributed by atoms with Gasteiger partial charge < -0.3 is 5.43 Å². The number of hydrogen-bond acceptors (Lipinski definition) is 2. The summed E-state index contributed by atoms with van der Waals surface area (Å²) in [6.07, 6.45) is 7.11. The van der Waals surface area contributed by atoms with Gasteiger partial charge in [0.25, 0.3) is 0 Å². The van der Waals surface area contributed by atoms with Crippen molar-refractivity contribution in [1.82, 2.24) is 5.43 Å². The van der Waals surface area contributed by atoms with Crippen LogP contribution >= 0.6 is 11.6 Å². The van der Waals surface area contributed by atoms with Crippen LogP contribution in [0, 0.1) is 0 Å². The predicted octanol–water partition coefficient (Wildman–Crippen LogP) is 3.87. The number of hydrazone groups is 1. The summed E-state index contributed by atoms with van der Waals surface area (Å²) in [6.45, 7) is 0.976. The Kier molecular flexibility index (Phi) is 5.03. The molecule has 0 saturated heterocycles. The van der Waals surface area contributed by atoms with Gasteiger partial charge in [0, 0.05) is 18.0 Å². The van der Waals surface area contributed by atoms with E-state index in [9.17, 15) is 0 Å². The molecular weight excluding hydrogens is 244 g/mol. The van der Waals surface area contributed by atoms with Gasteiger partial charge in [-0.2, -0.15) is 5.10 Å². The van der Waals surface area contributed by atoms with Crippen LogP contribution in [0.4, 0.5) is 0 Å². The fraction of sp³-hybridized carbons (Fsp3) is 0.267. The van der Waals surface area contributed by atoms with Gasteiger partial charge in [-0.3, -0.25) is 0 Å². The fourth-order valence-electron chi connectivity index (χ4n) is 1.85. The second-order valence-corrected chi connectivity index (χ2v) is 4.66. The molecule has 1 aliphatic carbocycles. The highest BCUT2D eigenvalue weighted by atomic mass is 35.5. The first-order valence-electron chi connectivity index (χ1n) is 6.21. The van der Waals surface area contributed by atoms with E-state index in [1.54, 1.807) is 0 Å². The zero-order chi connectivity index (χ0) is 12.6. The lowest BCUT2D eigenvalue weighted by molar-refractivity contribution is 0.813. The molecule has 0 aromatic heterocycles. The summed E-state index contributed by atoms with van der Waals surface area (Å²) in [5.74, 6) is 0. The van der Waals surface area contributed by atoms with Crippen LogP contribution in [0.5, 0.6) is 0 Å². The Bertz CT molecular complexity index is 434. The van der Waals surface area contributed by atoms with Crippen molar-refractivity contribution >= 4 is 17.3 Å². The van der Waals surface area contributed by atoms with Crippen LogP contribution in [0.1, 0.15) is 19.3 Å². The van der Waals surface area contributed by atoms with Crippen LogP contribution in [0.3, 0.4) is 0 Å². The molecule has 1 N–H and O–H groups in total. The minimum atomic E-state index is 0.949. The van der Waals surface area contributed by atoms with Crippen molar-refractivity contribution in [2.75, 3.05) is 6.54 Å². The van der Waals surface area contributed by atoms with E-state index in [0.29, 0.717) is 0 Å². The summed E-state index contributed by atoms with van der Waals surface area (Å²) in [5.41, 5.74) is 5.52. The lowest BCUT2D eigenvalue weighted by atomic mass is 9.99. The van der Waals surface area contributed by atoms with Gasteiger partial charge in [0.2, 0.25) is 0 Å². The van der Waals surface area contributed by atoms with Crippen LogP contribution in [0.25, 0.3) is 0 Å². The zero-order valence-electron chi connectivity index (χ0n) is 10.3.